The first-order valence-corrected chi connectivity index (χ1v) is 14.8. The molecule has 0 nitrogen and oxygen atoms in total. The van der Waals surface area contributed by atoms with Crippen LogP contribution in [0.15, 0.2) is 122 Å². The van der Waals surface area contributed by atoms with E-state index in [4.69, 9.17) is 0 Å². The average Bonchev–Trinajstić information content (AvgIpc) is 2.81. The molecule has 0 spiro atoms. The van der Waals surface area contributed by atoms with Gasteiger partial charge in [0.2, 0.25) is 0 Å². The molecule has 148 valence electrons. The molecule has 0 aliphatic carbocycles. The van der Waals surface area contributed by atoms with Gasteiger partial charge in [-0.15, -0.1) is 13.2 Å². The van der Waals surface area contributed by atoms with Gasteiger partial charge in [0.15, 0.2) is 0 Å². The Kier molecular flexibility index (Phi) is 6.58. The molecule has 0 amide bonds. The largest absolute Gasteiger partial charge is 0.107 e. The van der Waals surface area contributed by atoms with E-state index in [0.717, 1.165) is 12.1 Å². The van der Waals surface area contributed by atoms with Gasteiger partial charge >= 0.3 is 0 Å². The van der Waals surface area contributed by atoms with Crippen LogP contribution in [0.25, 0.3) is 10.8 Å². The fraction of sp³-hybridized carbons (Fsp3) is 0.0714. The van der Waals surface area contributed by atoms with Crippen molar-refractivity contribution in [3.63, 3.8) is 0 Å². The third kappa shape index (κ3) is 4.78. The maximum absolute atomic E-state index is 4.16. The second-order valence-corrected chi connectivity index (χ2v) is 13.4. The van der Waals surface area contributed by atoms with Gasteiger partial charge in [-0.25, -0.2) is 0 Å². The van der Waals surface area contributed by atoms with Crippen molar-refractivity contribution in [1.29, 1.82) is 0 Å². The molecule has 0 fully saturated rings. The maximum atomic E-state index is 4.16. The lowest BCUT2D eigenvalue weighted by atomic mass is 10.1. The smallest absolute Gasteiger partial charge is 0.0977 e. The Bertz CT molecular complexity index is 1040. The van der Waals surface area contributed by atoms with Gasteiger partial charge in [-0.2, -0.15) is 0 Å². The molecule has 0 bridgehead atoms. The molecule has 0 saturated heterocycles. The van der Waals surface area contributed by atoms with Crippen molar-refractivity contribution in [2.24, 2.45) is 0 Å². The van der Waals surface area contributed by atoms with Crippen molar-refractivity contribution in [2.45, 2.75) is 12.1 Å². The molecule has 4 aromatic rings. The molecular formula is C28H28Si2. The highest BCUT2D eigenvalue weighted by atomic mass is 28.3. The van der Waals surface area contributed by atoms with Gasteiger partial charge in [-0.1, -0.05) is 130 Å². The number of hydrogen-bond acceptors (Lipinski definition) is 0. The van der Waals surface area contributed by atoms with Crippen LogP contribution in [0.2, 0.25) is 0 Å². The third-order valence-electron chi connectivity index (χ3n) is 5.91. The highest BCUT2D eigenvalue weighted by molar-refractivity contribution is 6.78. The minimum absolute atomic E-state index is 1.12. The topological polar surface area (TPSA) is 0 Å². The second kappa shape index (κ2) is 9.70. The number of benzene rings is 4. The van der Waals surface area contributed by atoms with Crippen LogP contribution in [-0.4, -0.2) is 17.6 Å². The summed E-state index contributed by atoms with van der Waals surface area (Å²) in [7, 11) is -2.47. The molecular weight excluding hydrogens is 392 g/mol. The van der Waals surface area contributed by atoms with E-state index in [0.29, 0.717) is 0 Å². The zero-order valence-electron chi connectivity index (χ0n) is 17.4. The molecule has 0 radical (unpaired) electrons. The number of hydrogen-bond donors (Lipinski definition) is 0. The summed E-state index contributed by atoms with van der Waals surface area (Å²) in [6.07, 6.45) is 0. The minimum Gasteiger partial charge on any atom is -0.107 e. The Labute approximate surface area is 183 Å². The lowest BCUT2D eigenvalue weighted by Gasteiger charge is -2.15. The number of fused-ring (bicyclic) bond motifs is 1. The van der Waals surface area contributed by atoms with Gasteiger partial charge in [0, 0.05) is 0 Å². The lowest BCUT2D eigenvalue weighted by molar-refractivity contribution is 1.37. The molecule has 0 N–H and O–H groups in total. The highest BCUT2D eigenvalue weighted by Crippen LogP contribution is 2.14. The number of rotatable bonds is 8. The first-order valence-electron chi connectivity index (χ1n) is 10.6. The van der Waals surface area contributed by atoms with Crippen molar-refractivity contribution in [2.75, 3.05) is 0 Å². The van der Waals surface area contributed by atoms with Crippen molar-refractivity contribution < 1.29 is 0 Å². The fourth-order valence-corrected chi connectivity index (χ4v) is 8.54. The average molecular weight is 421 g/mol. The predicted molar refractivity (Wildman–Crippen MR) is 138 cm³/mol. The van der Waals surface area contributed by atoms with E-state index in [2.05, 4.69) is 122 Å². The Hall–Kier alpha value is -2.95. The summed E-state index contributed by atoms with van der Waals surface area (Å²) in [6.45, 7) is 8.32. The van der Waals surface area contributed by atoms with Crippen molar-refractivity contribution in [3.8, 4) is 0 Å². The summed E-state index contributed by atoms with van der Waals surface area (Å²) < 4.78 is 0. The van der Waals surface area contributed by atoms with Gasteiger partial charge in [0.1, 0.15) is 0 Å². The molecule has 0 aliphatic rings. The molecule has 2 heteroatoms. The van der Waals surface area contributed by atoms with Crippen molar-refractivity contribution in [1.82, 2.24) is 0 Å². The van der Waals surface area contributed by atoms with Crippen LogP contribution in [0.1, 0.15) is 11.1 Å². The fourth-order valence-electron chi connectivity index (χ4n) is 4.15. The minimum atomic E-state index is -1.23. The molecule has 0 heterocycles. The van der Waals surface area contributed by atoms with Gasteiger partial charge in [-0.05, 0) is 22.9 Å². The van der Waals surface area contributed by atoms with Gasteiger partial charge in [-0.3, -0.25) is 0 Å². The molecule has 0 saturated carbocycles. The molecule has 30 heavy (non-hydrogen) atoms. The summed E-state index contributed by atoms with van der Waals surface area (Å²) in [5, 5.41) is 5.60. The van der Waals surface area contributed by atoms with E-state index in [-0.39, 0.29) is 0 Å². The van der Waals surface area contributed by atoms with Crippen LogP contribution >= 0.6 is 0 Å². The van der Waals surface area contributed by atoms with E-state index in [1.807, 2.05) is 0 Å². The summed E-state index contributed by atoms with van der Waals surface area (Å²) in [5.41, 5.74) is 7.24. The van der Waals surface area contributed by atoms with Crippen LogP contribution in [0, 0.1) is 0 Å². The Balaban J connectivity index is 1.58. The standard InChI is InChI=1S/C28H28Si2/c1-3-29(21-23-11-7-5-8-12-23)27-17-15-26-20-28(18-16-25(26)19-27)30(4-2)22-24-13-9-6-10-14-24/h3-20,29-30H,1-2,21-22H2. The molecule has 2 atom stereocenters. The first-order chi connectivity index (χ1) is 14.8. The predicted octanol–water partition coefficient (Wildman–Crippen LogP) is 4.72. The Morgan fingerprint density at radius 1 is 0.533 bits per heavy atom. The summed E-state index contributed by atoms with van der Waals surface area (Å²) in [5.74, 6) is 0. The van der Waals surface area contributed by atoms with Crippen LogP contribution in [0.4, 0.5) is 0 Å². The maximum Gasteiger partial charge on any atom is 0.0977 e. The molecule has 4 rings (SSSR count). The third-order valence-corrected chi connectivity index (χ3v) is 11.3. The molecule has 4 aromatic carbocycles. The summed E-state index contributed by atoms with van der Waals surface area (Å²) in [6, 6.07) is 37.9. The van der Waals surface area contributed by atoms with Crippen LogP contribution in [0.5, 0.6) is 0 Å². The van der Waals surface area contributed by atoms with Crippen LogP contribution < -0.4 is 10.4 Å². The van der Waals surface area contributed by atoms with Crippen molar-refractivity contribution in [3.05, 3.63) is 133 Å². The Morgan fingerprint density at radius 3 is 1.30 bits per heavy atom. The van der Waals surface area contributed by atoms with Gasteiger partial charge < -0.3 is 0 Å². The normalized spacial score (nSPS) is 12.9. The van der Waals surface area contributed by atoms with E-state index < -0.39 is 17.6 Å². The molecule has 0 aliphatic heterocycles. The highest BCUT2D eigenvalue weighted by Gasteiger charge is 2.14. The summed E-state index contributed by atoms with van der Waals surface area (Å²) >= 11 is 0. The van der Waals surface area contributed by atoms with Crippen molar-refractivity contribution >= 4 is 38.7 Å². The molecule has 2 unspecified atom stereocenters. The van der Waals surface area contributed by atoms with Gasteiger partial charge in [0.05, 0.1) is 17.6 Å². The van der Waals surface area contributed by atoms with E-state index >= 15 is 0 Å². The Morgan fingerprint density at radius 2 is 0.933 bits per heavy atom. The second-order valence-electron chi connectivity index (χ2n) is 7.93. The SMILES string of the molecule is C=C[SiH](Cc1ccccc1)c1ccc2cc([SiH](C=C)Cc3ccccc3)ccc2c1. The first kappa shape index (κ1) is 20.3. The van der Waals surface area contributed by atoms with E-state index in [1.165, 1.54) is 32.3 Å². The lowest BCUT2D eigenvalue weighted by Crippen LogP contribution is -2.32. The zero-order valence-corrected chi connectivity index (χ0v) is 19.7. The zero-order chi connectivity index (χ0) is 20.8. The quantitative estimate of drug-likeness (QED) is 0.362. The molecule has 0 aromatic heterocycles. The van der Waals surface area contributed by atoms with Crippen LogP contribution in [0.3, 0.4) is 0 Å². The van der Waals surface area contributed by atoms with E-state index in [9.17, 15) is 0 Å². The van der Waals surface area contributed by atoms with E-state index in [1.54, 1.807) is 0 Å². The monoisotopic (exact) mass is 420 g/mol. The summed E-state index contributed by atoms with van der Waals surface area (Å²) in [4.78, 5) is 0. The van der Waals surface area contributed by atoms with Crippen LogP contribution in [-0.2, 0) is 12.1 Å². The van der Waals surface area contributed by atoms with Gasteiger partial charge in [0.25, 0.3) is 0 Å².